The average Bonchev–Trinajstić information content (AvgIpc) is 3.13. The molecule has 1 heterocycles. The Labute approximate surface area is 307 Å². The molecule has 0 saturated heterocycles. The zero-order chi connectivity index (χ0) is 36.9. The number of para-hydroxylation sites is 1. The van der Waals surface area contributed by atoms with E-state index in [0.717, 1.165) is 12.0 Å². The quantitative estimate of drug-likeness (QED) is 0.0176. The van der Waals surface area contributed by atoms with Crippen molar-refractivity contribution in [1.29, 1.82) is 0 Å². The molecule has 21 nitrogen and oxygen atoms in total. The molecule has 2 atom stereocenters. The molecule has 1 aromatic heterocycles. The Bertz CT molecular complexity index is 1950. The molecule has 280 valence electrons. The minimum absolute atomic E-state index is 0.00771. The predicted octanol–water partition coefficient (Wildman–Crippen LogP) is 6.47. The molecule has 1 aliphatic rings. The van der Waals surface area contributed by atoms with Crippen molar-refractivity contribution in [3.8, 4) is 5.75 Å². The van der Waals surface area contributed by atoms with Gasteiger partial charge in [-0.05, 0) is 55.3 Å². The number of benzene rings is 3. The molecule has 5 rings (SSSR count). The molecule has 3 aromatic carbocycles. The maximum atomic E-state index is 13.0. The van der Waals surface area contributed by atoms with Crippen LogP contribution in [0.15, 0.2) is 68.6 Å². The summed E-state index contributed by atoms with van der Waals surface area (Å²) in [6.45, 7) is -0.202. The molecular formula is C27H30N8O13S4. The summed E-state index contributed by atoms with van der Waals surface area (Å²) in [5.74, 6) is -0.710. The number of nitrogen functional groups attached to an aromatic ring is 1. The number of hydrogen-bond donors (Lipinski definition) is 7. The summed E-state index contributed by atoms with van der Waals surface area (Å²) in [6, 6.07) is 13.0. The van der Waals surface area contributed by atoms with E-state index in [2.05, 4.69) is 63.9 Å². The first kappa shape index (κ1) is 39.5. The summed E-state index contributed by atoms with van der Waals surface area (Å²) in [5, 5.41) is 62.8. The zero-order valence-electron chi connectivity index (χ0n) is 26.4. The van der Waals surface area contributed by atoms with Crippen LogP contribution in [0.3, 0.4) is 0 Å². The number of hydrogen-bond acceptors (Lipinski definition) is 24. The molecule has 1 saturated carbocycles. The lowest BCUT2D eigenvalue weighted by Crippen LogP contribution is -2.32. The van der Waals surface area contributed by atoms with Gasteiger partial charge in [0.25, 0.3) is 0 Å². The molecule has 0 spiro atoms. The second kappa shape index (κ2) is 19.4. The SMILES string of the molecule is Nc1nc(Nc2ccccc2SOOO)nc(Nc2cccc3cc(SOOO)c(/N=N/C4CCCC(S(=O)(=O)CCOSOOO)C4)c(O)c23)n1. The smallest absolute Gasteiger partial charge is 0.233 e. The lowest BCUT2D eigenvalue weighted by molar-refractivity contribution is -0.434. The van der Waals surface area contributed by atoms with E-state index in [-0.39, 0.29) is 58.3 Å². The number of phenolic OH excluding ortho intramolecular Hbond substituents is 1. The fraction of sp³-hybridized carbons (Fsp3) is 0.296. The third-order valence-electron chi connectivity index (χ3n) is 7.40. The van der Waals surface area contributed by atoms with Gasteiger partial charge < -0.3 is 21.5 Å². The standard InChI is InChI=1S/C27H30N8O13S4/c28-25-31-26(29-18-8-1-2-10-20(18)49-46-43-37)33-27(32-25)30-19-9-3-5-15-13-21(50-47-44-38)23(24(36)22(15)19)35-34-16-6-4-7-17(14-16)52(40,41)12-11-42-51-48-45-39/h1-3,5,8-10,13,16-17,36-39H,4,6-7,11-12,14H2,(H4,28,29,30,31,32,33)/b35-34+. The van der Waals surface area contributed by atoms with Crippen molar-refractivity contribution in [1.82, 2.24) is 15.0 Å². The van der Waals surface area contributed by atoms with Crippen molar-refractivity contribution in [3.05, 3.63) is 48.5 Å². The third-order valence-corrected chi connectivity index (χ3v) is 11.2. The summed E-state index contributed by atoms with van der Waals surface area (Å²) >= 11 is 1.58. The van der Waals surface area contributed by atoms with E-state index in [1.165, 1.54) is 0 Å². The number of nitrogens with two attached hydrogens (primary N) is 1. The van der Waals surface area contributed by atoms with Gasteiger partial charge >= 0.3 is 0 Å². The predicted molar refractivity (Wildman–Crippen MR) is 187 cm³/mol. The van der Waals surface area contributed by atoms with E-state index < -0.39 is 21.1 Å². The maximum Gasteiger partial charge on any atom is 0.233 e. The normalized spacial score (nSPS) is 16.4. The first-order valence-corrected chi connectivity index (χ1v) is 18.7. The van der Waals surface area contributed by atoms with E-state index in [1.54, 1.807) is 48.5 Å². The van der Waals surface area contributed by atoms with Crippen LogP contribution in [-0.2, 0) is 42.1 Å². The van der Waals surface area contributed by atoms with Gasteiger partial charge in [0.05, 0.1) is 68.9 Å². The van der Waals surface area contributed by atoms with E-state index in [9.17, 15) is 13.5 Å². The summed E-state index contributed by atoms with van der Waals surface area (Å²) in [4.78, 5) is 13.4. The highest BCUT2D eigenvalue weighted by atomic mass is 32.2. The van der Waals surface area contributed by atoms with Crippen molar-refractivity contribution in [3.63, 3.8) is 0 Å². The molecule has 0 aliphatic heterocycles. The highest BCUT2D eigenvalue weighted by Crippen LogP contribution is 2.46. The van der Waals surface area contributed by atoms with E-state index >= 15 is 0 Å². The van der Waals surface area contributed by atoms with Crippen molar-refractivity contribution in [2.45, 2.75) is 46.8 Å². The van der Waals surface area contributed by atoms with Gasteiger partial charge in [-0.3, -0.25) is 4.18 Å². The number of azo groups is 1. The van der Waals surface area contributed by atoms with Crippen LogP contribution in [0.1, 0.15) is 25.7 Å². The summed E-state index contributed by atoms with van der Waals surface area (Å²) in [5.41, 5.74) is 6.77. The number of fused-ring (bicyclic) bond motifs is 1. The second-order valence-corrected chi connectivity index (χ2v) is 15.0. The molecule has 4 aromatic rings. The van der Waals surface area contributed by atoms with Crippen molar-refractivity contribution in [2.24, 2.45) is 10.2 Å². The number of aromatic nitrogens is 3. The van der Waals surface area contributed by atoms with Crippen molar-refractivity contribution in [2.75, 3.05) is 28.7 Å². The van der Waals surface area contributed by atoms with Gasteiger partial charge in [0.1, 0.15) is 5.69 Å². The number of nitrogens with zero attached hydrogens (tertiary/aromatic N) is 5. The van der Waals surface area contributed by atoms with Crippen LogP contribution in [0.4, 0.5) is 34.9 Å². The van der Waals surface area contributed by atoms with E-state index in [1.807, 2.05) is 0 Å². The van der Waals surface area contributed by atoms with Crippen LogP contribution in [-0.4, -0.2) is 67.9 Å². The number of nitrogens with one attached hydrogen (secondary N) is 2. The number of aromatic hydroxyl groups is 1. The van der Waals surface area contributed by atoms with Crippen LogP contribution in [0, 0.1) is 0 Å². The number of rotatable bonds is 19. The fourth-order valence-corrected chi connectivity index (χ4v) is 8.18. The molecule has 52 heavy (non-hydrogen) atoms. The Morgan fingerprint density at radius 3 is 2.33 bits per heavy atom. The zero-order valence-corrected chi connectivity index (χ0v) is 29.7. The lowest BCUT2D eigenvalue weighted by atomic mass is 9.96. The second-order valence-electron chi connectivity index (χ2n) is 10.6. The number of anilines is 5. The molecule has 8 N–H and O–H groups in total. The van der Waals surface area contributed by atoms with E-state index in [4.69, 9.17) is 25.7 Å². The number of sulfone groups is 1. The van der Waals surface area contributed by atoms with Gasteiger partial charge in [-0.25, -0.2) is 24.2 Å². The first-order valence-electron chi connectivity index (χ1n) is 14.8. The Balaban J connectivity index is 1.40. The van der Waals surface area contributed by atoms with Crippen LogP contribution in [0.25, 0.3) is 10.8 Å². The maximum absolute atomic E-state index is 13.0. The lowest BCUT2D eigenvalue weighted by Gasteiger charge is -2.26. The van der Waals surface area contributed by atoms with Gasteiger partial charge in [0.2, 0.25) is 17.8 Å². The van der Waals surface area contributed by atoms with Gasteiger partial charge in [0.15, 0.2) is 27.9 Å². The topological polar surface area (TPSA) is 293 Å². The average molecular weight is 803 g/mol. The minimum atomic E-state index is -3.58. The fourth-order valence-electron chi connectivity index (χ4n) is 5.23. The highest BCUT2D eigenvalue weighted by Gasteiger charge is 2.32. The summed E-state index contributed by atoms with van der Waals surface area (Å²) in [6.07, 6.45) is 1.71. The molecule has 0 bridgehead atoms. The van der Waals surface area contributed by atoms with Crippen molar-refractivity contribution < 1.29 is 61.6 Å². The molecule has 0 radical (unpaired) electrons. The van der Waals surface area contributed by atoms with Gasteiger partial charge in [0, 0.05) is 5.39 Å². The van der Waals surface area contributed by atoms with Crippen LogP contribution >= 0.6 is 36.4 Å². The Hall–Kier alpha value is -3.67. The van der Waals surface area contributed by atoms with Crippen LogP contribution in [0.2, 0.25) is 0 Å². The Kier molecular flexibility index (Phi) is 14.8. The van der Waals surface area contributed by atoms with Gasteiger partial charge in [-0.15, -0.1) is 13.0 Å². The van der Waals surface area contributed by atoms with Gasteiger partial charge in [-0.1, -0.05) is 39.4 Å². The third kappa shape index (κ3) is 10.7. The van der Waals surface area contributed by atoms with Crippen LogP contribution in [0.5, 0.6) is 5.75 Å². The largest absolute Gasteiger partial charge is 0.505 e. The molecular weight excluding hydrogens is 773 g/mol. The number of phenols is 1. The Morgan fingerprint density at radius 2 is 1.58 bits per heavy atom. The van der Waals surface area contributed by atoms with Gasteiger partial charge in [-0.2, -0.15) is 25.2 Å². The van der Waals surface area contributed by atoms with Crippen LogP contribution < -0.4 is 16.4 Å². The summed E-state index contributed by atoms with van der Waals surface area (Å²) < 4.78 is 44.1. The molecule has 0 amide bonds. The minimum Gasteiger partial charge on any atom is -0.505 e. The molecule has 2 unspecified atom stereocenters. The first-order chi connectivity index (χ1) is 25.2. The molecule has 1 aliphatic carbocycles. The Morgan fingerprint density at radius 1 is 0.885 bits per heavy atom. The highest BCUT2D eigenvalue weighted by molar-refractivity contribution is 7.95. The van der Waals surface area contributed by atoms with E-state index in [0.29, 0.717) is 65.3 Å². The van der Waals surface area contributed by atoms with Crippen molar-refractivity contribution >= 4 is 91.9 Å². The molecule has 25 heteroatoms. The molecule has 1 fully saturated rings. The monoisotopic (exact) mass is 802 g/mol. The summed E-state index contributed by atoms with van der Waals surface area (Å²) in [7, 11) is -3.58.